The summed E-state index contributed by atoms with van der Waals surface area (Å²) in [4.78, 5) is 0. The number of nitrogens with zero attached hydrogens (tertiary/aromatic N) is 2. The molecular formula is C12H14ClN3. The lowest BCUT2D eigenvalue weighted by molar-refractivity contribution is 0.652. The Kier molecular flexibility index (Phi) is 3.15. The lowest BCUT2D eigenvalue weighted by atomic mass is 10.2. The SMILES string of the molecule is CCc1cc(N)nn1Cc1cccc(Cl)c1. The summed E-state index contributed by atoms with van der Waals surface area (Å²) in [5.74, 6) is 0.568. The minimum absolute atomic E-state index is 0.568. The molecule has 0 unspecified atom stereocenters. The van der Waals surface area contributed by atoms with E-state index in [0.717, 1.165) is 22.7 Å². The Morgan fingerprint density at radius 1 is 1.38 bits per heavy atom. The van der Waals surface area contributed by atoms with Crippen LogP contribution in [0.4, 0.5) is 5.82 Å². The lowest BCUT2D eigenvalue weighted by Crippen LogP contribution is -2.05. The number of aromatic nitrogens is 2. The van der Waals surface area contributed by atoms with Gasteiger partial charge in [-0.2, -0.15) is 5.10 Å². The topological polar surface area (TPSA) is 43.8 Å². The van der Waals surface area contributed by atoms with Gasteiger partial charge in [0.15, 0.2) is 0 Å². The Hall–Kier alpha value is -1.48. The van der Waals surface area contributed by atoms with Gasteiger partial charge in [-0.15, -0.1) is 0 Å². The van der Waals surface area contributed by atoms with E-state index in [9.17, 15) is 0 Å². The molecule has 0 atom stereocenters. The van der Waals surface area contributed by atoms with E-state index < -0.39 is 0 Å². The van der Waals surface area contributed by atoms with Crippen LogP contribution in [0.1, 0.15) is 18.2 Å². The summed E-state index contributed by atoms with van der Waals surface area (Å²) >= 11 is 5.94. The Morgan fingerprint density at radius 2 is 2.19 bits per heavy atom. The maximum absolute atomic E-state index is 5.94. The predicted octanol–water partition coefficient (Wildman–Crippen LogP) is 2.73. The average Bonchev–Trinajstić information content (AvgIpc) is 2.59. The molecule has 0 aliphatic carbocycles. The molecule has 0 bridgehead atoms. The fourth-order valence-corrected chi connectivity index (χ4v) is 1.92. The first-order valence-corrected chi connectivity index (χ1v) is 5.63. The van der Waals surface area contributed by atoms with Crippen molar-refractivity contribution in [2.24, 2.45) is 0 Å². The quantitative estimate of drug-likeness (QED) is 0.889. The van der Waals surface area contributed by atoms with Gasteiger partial charge < -0.3 is 5.73 Å². The highest BCUT2D eigenvalue weighted by atomic mass is 35.5. The van der Waals surface area contributed by atoms with Gasteiger partial charge in [0, 0.05) is 16.8 Å². The number of nitrogen functional groups attached to an aromatic ring is 1. The van der Waals surface area contributed by atoms with Crippen molar-refractivity contribution in [2.45, 2.75) is 19.9 Å². The highest BCUT2D eigenvalue weighted by molar-refractivity contribution is 6.30. The van der Waals surface area contributed by atoms with Crippen LogP contribution in [0, 0.1) is 0 Å². The molecule has 1 heterocycles. The van der Waals surface area contributed by atoms with Crippen LogP contribution < -0.4 is 5.73 Å². The van der Waals surface area contributed by atoms with Gasteiger partial charge in [0.25, 0.3) is 0 Å². The van der Waals surface area contributed by atoms with Crippen LogP contribution in [0.3, 0.4) is 0 Å². The van der Waals surface area contributed by atoms with Gasteiger partial charge in [0.2, 0.25) is 0 Å². The molecule has 2 rings (SSSR count). The zero-order chi connectivity index (χ0) is 11.5. The first-order chi connectivity index (χ1) is 7.69. The normalized spacial score (nSPS) is 10.6. The molecule has 0 aliphatic rings. The Morgan fingerprint density at radius 3 is 2.88 bits per heavy atom. The monoisotopic (exact) mass is 235 g/mol. The number of aryl methyl sites for hydroxylation is 1. The zero-order valence-electron chi connectivity index (χ0n) is 9.15. The number of rotatable bonds is 3. The second kappa shape index (κ2) is 4.58. The average molecular weight is 236 g/mol. The van der Waals surface area contributed by atoms with Gasteiger partial charge in [-0.05, 0) is 24.1 Å². The third kappa shape index (κ3) is 2.36. The molecular weight excluding hydrogens is 222 g/mol. The maximum atomic E-state index is 5.94. The maximum Gasteiger partial charge on any atom is 0.145 e. The molecule has 2 aromatic rings. The zero-order valence-corrected chi connectivity index (χ0v) is 9.91. The summed E-state index contributed by atoms with van der Waals surface area (Å²) in [6.07, 6.45) is 0.921. The van der Waals surface area contributed by atoms with E-state index >= 15 is 0 Å². The standard InChI is InChI=1S/C12H14ClN3/c1-2-11-7-12(14)15-16(11)8-9-4-3-5-10(13)6-9/h3-7H,2,8H2,1H3,(H2,14,15). The van der Waals surface area contributed by atoms with Gasteiger partial charge >= 0.3 is 0 Å². The van der Waals surface area contributed by atoms with Crippen LogP contribution in [-0.2, 0) is 13.0 Å². The number of halogens is 1. The molecule has 84 valence electrons. The van der Waals surface area contributed by atoms with Crippen LogP contribution in [0.2, 0.25) is 5.02 Å². The van der Waals surface area contributed by atoms with Crippen LogP contribution in [0.5, 0.6) is 0 Å². The molecule has 0 spiro atoms. The predicted molar refractivity (Wildman–Crippen MR) is 66.6 cm³/mol. The van der Waals surface area contributed by atoms with Gasteiger partial charge in [-0.3, -0.25) is 4.68 Å². The Bertz CT molecular complexity index is 491. The summed E-state index contributed by atoms with van der Waals surface area (Å²) < 4.78 is 1.92. The van der Waals surface area contributed by atoms with Crippen molar-refractivity contribution in [3.8, 4) is 0 Å². The Labute approximate surface area is 99.8 Å². The summed E-state index contributed by atoms with van der Waals surface area (Å²) in [6.45, 7) is 2.80. The van der Waals surface area contributed by atoms with E-state index in [1.165, 1.54) is 0 Å². The van der Waals surface area contributed by atoms with Gasteiger partial charge in [-0.25, -0.2) is 0 Å². The van der Waals surface area contributed by atoms with E-state index in [0.29, 0.717) is 12.4 Å². The fraction of sp³-hybridized carbons (Fsp3) is 0.250. The van der Waals surface area contributed by atoms with Crippen molar-refractivity contribution in [3.05, 3.63) is 46.6 Å². The number of anilines is 1. The molecule has 16 heavy (non-hydrogen) atoms. The van der Waals surface area contributed by atoms with Crippen molar-refractivity contribution in [1.82, 2.24) is 9.78 Å². The van der Waals surface area contributed by atoms with Crippen LogP contribution >= 0.6 is 11.6 Å². The summed E-state index contributed by atoms with van der Waals surface area (Å²) in [7, 11) is 0. The molecule has 3 nitrogen and oxygen atoms in total. The number of hydrogen-bond acceptors (Lipinski definition) is 2. The molecule has 1 aromatic carbocycles. The summed E-state index contributed by atoms with van der Waals surface area (Å²) in [6, 6.07) is 9.69. The van der Waals surface area contributed by atoms with E-state index in [1.54, 1.807) is 0 Å². The second-order valence-electron chi connectivity index (χ2n) is 3.70. The van der Waals surface area contributed by atoms with Gasteiger partial charge in [0.1, 0.15) is 5.82 Å². The van der Waals surface area contributed by atoms with Gasteiger partial charge in [0.05, 0.1) is 6.54 Å². The fourth-order valence-electron chi connectivity index (χ4n) is 1.71. The largest absolute Gasteiger partial charge is 0.382 e. The van der Waals surface area contributed by atoms with E-state index in [-0.39, 0.29) is 0 Å². The van der Waals surface area contributed by atoms with Crippen LogP contribution in [0.15, 0.2) is 30.3 Å². The third-order valence-electron chi connectivity index (χ3n) is 2.47. The Balaban J connectivity index is 2.26. The first-order valence-electron chi connectivity index (χ1n) is 5.25. The minimum atomic E-state index is 0.568. The molecule has 0 fully saturated rings. The lowest BCUT2D eigenvalue weighted by Gasteiger charge is -2.06. The molecule has 0 saturated carbocycles. The van der Waals surface area contributed by atoms with Crippen molar-refractivity contribution in [1.29, 1.82) is 0 Å². The molecule has 0 aliphatic heterocycles. The molecule has 0 radical (unpaired) electrons. The van der Waals surface area contributed by atoms with E-state index in [1.807, 2.05) is 35.0 Å². The second-order valence-corrected chi connectivity index (χ2v) is 4.14. The van der Waals surface area contributed by atoms with Crippen molar-refractivity contribution in [2.75, 3.05) is 5.73 Å². The minimum Gasteiger partial charge on any atom is -0.382 e. The molecule has 0 saturated heterocycles. The van der Waals surface area contributed by atoms with E-state index in [4.69, 9.17) is 17.3 Å². The van der Waals surface area contributed by atoms with Gasteiger partial charge in [-0.1, -0.05) is 30.7 Å². The molecule has 4 heteroatoms. The van der Waals surface area contributed by atoms with E-state index in [2.05, 4.69) is 12.0 Å². The van der Waals surface area contributed by atoms with Crippen molar-refractivity contribution in [3.63, 3.8) is 0 Å². The highest BCUT2D eigenvalue weighted by Crippen LogP contribution is 2.14. The smallest absolute Gasteiger partial charge is 0.145 e. The molecule has 1 aromatic heterocycles. The van der Waals surface area contributed by atoms with Crippen LogP contribution in [0.25, 0.3) is 0 Å². The summed E-state index contributed by atoms with van der Waals surface area (Å²) in [5, 5.41) is 5.00. The van der Waals surface area contributed by atoms with Crippen LogP contribution in [-0.4, -0.2) is 9.78 Å². The van der Waals surface area contributed by atoms with Crippen molar-refractivity contribution >= 4 is 17.4 Å². The summed E-state index contributed by atoms with van der Waals surface area (Å²) in [5.41, 5.74) is 7.95. The van der Waals surface area contributed by atoms with Crippen molar-refractivity contribution < 1.29 is 0 Å². The number of benzene rings is 1. The number of nitrogens with two attached hydrogens (primary N) is 1. The highest BCUT2D eigenvalue weighted by Gasteiger charge is 2.04. The molecule has 0 amide bonds. The third-order valence-corrected chi connectivity index (χ3v) is 2.70. The number of hydrogen-bond donors (Lipinski definition) is 1. The molecule has 2 N–H and O–H groups in total. The first kappa shape index (κ1) is 11.0.